The van der Waals surface area contributed by atoms with E-state index in [9.17, 15) is 13.2 Å². The van der Waals surface area contributed by atoms with E-state index < -0.39 is 10.0 Å². The number of aromatic nitrogens is 4. The largest absolute Gasteiger partial charge is 0.368 e. The molecule has 0 saturated carbocycles. The molecule has 31 heavy (non-hydrogen) atoms. The predicted molar refractivity (Wildman–Crippen MR) is 117 cm³/mol. The van der Waals surface area contributed by atoms with Gasteiger partial charge in [0.05, 0.1) is 10.6 Å². The second-order valence-electron chi connectivity index (χ2n) is 7.09. The molecule has 0 spiro atoms. The van der Waals surface area contributed by atoms with Crippen molar-refractivity contribution in [2.24, 2.45) is 0 Å². The number of anilines is 1. The van der Waals surface area contributed by atoms with Crippen LogP contribution in [0.1, 0.15) is 21.7 Å². The van der Waals surface area contributed by atoms with E-state index in [4.69, 9.17) is 0 Å². The second-order valence-corrected chi connectivity index (χ2v) is 9.25. The third-order valence-electron chi connectivity index (χ3n) is 4.49. The number of hydrogen-bond donors (Lipinski definition) is 2. The Morgan fingerprint density at radius 1 is 1.06 bits per heavy atom. The maximum absolute atomic E-state index is 12.3. The summed E-state index contributed by atoms with van der Waals surface area (Å²) in [6.07, 6.45) is 1.45. The standard InChI is InChI=1S/C20H25N7O3S/c1-14-11-15(2)27(25-14)19-12-18(23-13-24-19)21-9-10-22-20(28)16-5-7-17(8-6-16)31(29,30)26(3)4/h5-8,11-13H,9-10H2,1-4H3,(H,22,28)(H,21,23,24). The van der Waals surface area contributed by atoms with E-state index in [2.05, 4.69) is 25.7 Å². The number of aryl methyl sites for hydroxylation is 2. The number of hydrogen-bond acceptors (Lipinski definition) is 7. The number of nitrogens with zero attached hydrogens (tertiary/aromatic N) is 5. The summed E-state index contributed by atoms with van der Waals surface area (Å²) in [7, 11) is -0.604. The molecule has 0 aliphatic rings. The van der Waals surface area contributed by atoms with Gasteiger partial charge in [-0.15, -0.1) is 0 Å². The molecule has 10 nitrogen and oxygen atoms in total. The topological polar surface area (TPSA) is 122 Å². The van der Waals surface area contributed by atoms with Gasteiger partial charge in [0.15, 0.2) is 5.82 Å². The van der Waals surface area contributed by atoms with Crippen LogP contribution in [0.5, 0.6) is 0 Å². The van der Waals surface area contributed by atoms with Gasteiger partial charge in [-0.05, 0) is 44.2 Å². The summed E-state index contributed by atoms with van der Waals surface area (Å²) in [5.41, 5.74) is 2.26. The summed E-state index contributed by atoms with van der Waals surface area (Å²) < 4.78 is 27.1. The third-order valence-corrected chi connectivity index (χ3v) is 6.32. The highest BCUT2D eigenvalue weighted by Crippen LogP contribution is 2.14. The van der Waals surface area contributed by atoms with Crippen molar-refractivity contribution in [1.82, 2.24) is 29.4 Å². The van der Waals surface area contributed by atoms with Gasteiger partial charge in [-0.3, -0.25) is 4.79 Å². The first-order valence-corrected chi connectivity index (χ1v) is 11.0. The Morgan fingerprint density at radius 3 is 2.39 bits per heavy atom. The van der Waals surface area contributed by atoms with Crippen LogP contribution in [0.4, 0.5) is 5.82 Å². The molecule has 0 bridgehead atoms. The Balaban J connectivity index is 1.54. The molecule has 0 atom stereocenters. The molecule has 3 rings (SSSR count). The minimum atomic E-state index is -3.52. The summed E-state index contributed by atoms with van der Waals surface area (Å²) >= 11 is 0. The lowest BCUT2D eigenvalue weighted by atomic mass is 10.2. The first-order valence-electron chi connectivity index (χ1n) is 9.59. The monoisotopic (exact) mass is 443 g/mol. The highest BCUT2D eigenvalue weighted by Gasteiger charge is 2.17. The van der Waals surface area contributed by atoms with Crippen molar-refractivity contribution < 1.29 is 13.2 Å². The molecule has 2 heterocycles. The molecule has 11 heteroatoms. The van der Waals surface area contributed by atoms with E-state index in [0.29, 0.717) is 30.3 Å². The maximum Gasteiger partial charge on any atom is 0.251 e. The average Bonchev–Trinajstić information content (AvgIpc) is 3.09. The fraction of sp³-hybridized carbons (Fsp3) is 0.300. The second kappa shape index (κ2) is 9.23. The maximum atomic E-state index is 12.3. The zero-order valence-electron chi connectivity index (χ0n) is 17.8. The minimum Gasteiger partial charge on any atom is -0.368 e. The summed E-state index contributed by atoms with van der Waals surface area (Å²) in [5, 5.41) is 10.3. The van der Waals surface area contributed by atoms with Crippen molar-refractivity contribution >= 4 is 21.7 Å². The van der Waals surface area contributed by atoms with Crippen LogP contribution in [0.2, 0.25) is 0 Å². The number of nitrogens with one attached hydrogen (secondary N) is 2. The van der Waals surface area contributed by atoms with E-state index in [1.54, 1.807) is 10.7 Å². The number of benzene rings is 1. The molecule has 0 unspecified atom stereocenters. The Labute approximate surface area is 181 Å². The molecule has 2 aromatic heterocycles. The lowest BCUT2D eigenvalue weighted by molar-refractivity contribution is 0.0955. The van der Waals surface area contributed by atoms with Crippen LogP contribution in [0, 0.1) is 13.8 Å². The first kappa shape index (κ1) is 22.4. The Kier molecular flexibility index (Phi) is 6.66. The van der Waals surface area contributed by atoms with Crippen LogP contribution >= 0.6 is 0 Å². The summed E-state index contributed by atoms with van der Waals surface area (Å²) in [5.74, 6) is 0.978. The predicted octanol–water partition coefficient (Wildman–Crippen LogP) is 1.37. The van der Waals surface area contributed by atoms with Crippen molar-refractivity contribution in [3.05, 3.63) is 59.7 Å². The Morgan fingerprint density at radius 2 is 1.77 bits per heavy atom. The van der Waals surface area contributed by atoms with Gasteiger partial charge in [-0.1, -0.05) is 0 Å². The van der Waals surface area contributed by atoms with E-state index in [1.165, 1.54) is 44.7 Å². The molecule has 3 aromatic rings. The van der Waals surface area contributed by atoms with Crippen molar-refractivity contribution in [2.75, 3.05) is 32.5 Å². The third kappa shape index (κ3) is 5.25. The normalized spacial score (nSPS) is 11.5. The van der Waals surface area contributed by atoms with Crippen LogP contribution in [-0.4, -0.2) is 65.6 Å². The first-order chi connectivity index (χ1) is 14.7. The van der Waals surface area contributed by atoms with Crippen molar-refractivity contribution in [3.63, 3.8) is 0 Å². The Bertz CT molecular complexity index is 1170. The fourth-order valence-corrected chi connectivity index (χ4v) is 3.78. The molecule has 0 fully saturated rings. The minimum absolute atomic E-state index is 0.137. The molecular formula is C20H25N7O3S. The molecule has 164 valence electrons. The molecule has 1 amide bonds. The summed E-state index contributed by atoms with van der Waals surface area (Å²) in [6, 6.07) is 9.57. The van der Waals surface area contributed by atoms with E-state index in [1.807, 2.05) is 19.9 Å². The van der Waals surface area contributed by atoms with Gasteiger partial charge in [0, 0.05) is 44.5 Å². The van der Waals surface area contributed by atoms with Crippen molar-refractivity contribution in [1.29, 1.82) is 0 Å². The highest BCUT2D eigenvalue weighted by molar-refractivity contribution is 7.89. The molecule has 1 aromatic carbocycles. The number of carbonyl (C=O) groups excluding carboxylic acids is 1. The van der Waals surface area contributed by atoms with Crippen molar-refractivity contribution in [3.8, 4) is 5.82 Å². The van der Waals surface area contributed by atoms with E-state index in [0.717, 1.165) is 15.7 Å². The van der Waals surface area contributed by atoms with Crippen LogP contribution in [0.3, 0.4) is 0 Å². The average molecular weight is 444 g/mol. The molecule has 0 aliphatic heterocycles. The van der Waals surface area contributed by atoms with Gasteiger partial charge in [0.2, 0.25) is 10.0 Å². The van der Waals surface area contributed by atoms with E-state index >= 15 is 0 Å². The van der Waals surface area contributed by atoms with Crippen LogP contribution in [0.25, 0.3) is 5.82 Å². The molecule has 0 radical (unpaired) electrons. The van der Waals surface area contributed by atoms with Gasteiger partial charge in [0.25, 0.3) is 5.91 Å². The lowest BCUT2D eigenvalue weighted by Crippen LogP contribution is -2.29. The zero-order chi connectivity index (χ0) is 22.6. The Hall–Kier alpha value is -3.31. The quantitative estimate of drug-likeness (QED) is 0.504. The molecule has 0 aliphatic carbocycles. The number of sulfonamides is 1. The number of amides is 1. The molecule has 0 saturated heterocycles. The van der Waals surface area contributed by atoms with Gasteiger partial charge < -0.3 is 10.6 Å². The van der Waals surface area contributed by atoms with Gasteiger partial charge >= 0.3 is 0 Å². The smallest absolute Gasteiger partial charge is 0.251 e. The van der Waals surface area contributed by atoms with E-state index in [-0.39, 0.29) is 10.8 Å². The zero-order valence-corrected chi connectivity index (χ0v) is 18.6. The number of carbonyl (C=O) groups is 1. The number of rotatable bonds is 8. The molecule has 2 N–H and O–H groups in total. The lowest BCUT2D eigenvalue weighted by Gasteiger charge is -2.12. The van der Waals surface area contributed by atoms with Gasteiger partial charge in [-0.2, -0.15) is 5.10 Å². The van der Waals surface area contributed by atoms with Crippen LogP contribution in [0.15, 0.2) is 47.6 Å². The summed E-state index contributed by atoms with van der Waals surface area (Å²) in [4.78, 5) is 20.9. The molecular weight excluding hydrogens is 418 g/mol. The summed E-state index contributed by atoms with van der Waals surface area (Å²) in [6.45, 7) is 4.68. The highest BCUT2D eigenvalue weighted by atomic mass is 32.2. The fourth-order valence-electron chi connectivity index (χ4n) is 2.88. The van der Waals surface area contributed by atoms with Gasteiger partial charge in [-0.25, -0.2) is 27.4 Å². The van der Waals surface area contributed by atoms with Crippen LogP contribution < -0.4 is 10.6 Å². The SMILES string of the molecule is Cc1cc(C)n(-c2cc(NCCNC(=O)c3ccc(S(=O)(=O)N(C)C)cc3)ncn2)n1. The van der Waals surface area contributed by atoms with Gasteiger partial charge in [0.1, 0.15) is 12.1 Å². The van der Waals surface area contributed by atoms with Crippen molar-refractivity contribution in [2.45, 2.75) is 18.7 Å². The van der Waals surface area contributed by atoms with Crippen LogP contribution in [-0.2, 0) is 10.0 Å².